The summed E-state index contributed by atoms with van der Waals surface area (Å²) < 4.78 is 0. The van der Waals surface area contributed by atoms with E-state index in [4.69, 9.17) is 5.73 Å². The summed E-state index contributed by atoms with van der Waals surface area (Å²) in [5, 5.41) is 2.66. The summed E-state index contributed by atoms with van der Waals surface area (Å²) in [5.74, 6) is 1.02. The number of anilines is 2. The first kappa shape index (κ1) is 7.61. The van der Waals surface area contributed by atoms with Gasteiger partial charge in [0.2, 0.25) is 0 Å². The minimum absolute atomic E-state index is 0.652. The molecule has 0 saturated carbocycles. The number of nitrogens with two attached hydrogens (primary N) is 1. The van der Waals surface area contributed by atoms with Gasteiger partial charge in [0.15, 0.2) is 5.13 Å². The first-order chi connectivity index (χ1) is 5.86. The Hall–Kier alpha value is -1.03. The van der Waals surface area contributed by atoms with Crippen LogP contribution in [-0.2, 0) is 0 Å². The molecular formula is C8H11N3S. The average Bonchev–Trinajstić information content (AvgIpc) is 2.54. The zero-order valence-corrected chi connectivity index (χ0v) is 7.55. The number of nitrogen functional groups attached to an aromatic ring is 1. The maximum atomic E-state index is 5.55. The first-order valence-electron chi connectivity index (χ1n) is 3.97. The van der Waals surface area contributed by atoms with Gasteiger partial charge in [-0.2, -0.15) is 0 Å². The van der Waals surface area contributed by atoms with E-state index >= 15 is 0 Å². The molecule has 0 aromatic carbocycles. The molecule has 0 unspecified atom stereocenters. The standard InChI is InChI=1S/C8H11N3S/c9-8-10-7(6-12-8)11-4-2-1-3-5-11/h1-2,6H,3-5H2,(H2,9,10). The molecule has 64 valence electrons. The van der Waals surface area contributed by atoms with Gasteiger partial charge < -0.3 is 10.6 Å². The lowest BCUT2D eigenvalue weighted by molar-refractivity contribution is 0.810. The van der Waals surface area contributed by atoms with Gasteiger partial charge in [-0.1, -0.05) is 12.2 Å². The third-order valence-corrected chi connectivity index (χ3v) is 2.55. The Balaban J connectivity index is 2.14. The maximum Gasteiger partial charge on any atom is 0.182 e. The fourth-order valence-electron chi connectivity index (χ4n) is 1.27. The van der Waals surface area contributed by atoms with Crippen molar-refractivity contribution in [2.24, 2.45) is 0 Å². The molecule has 0 fully saturated rings. The third-order valence-electron chi connectivity index (χ3n) is 1.89. The molecule has 0 aliphatic carbocycles. The van der Waals surface area contributed by atoms with E-state index in [1.807, 2.05) is 5.38 Å². The van der Waals surface area contributed by atoms with Crippen molar-refractivity contribution in [1.82, 2.24) is 4.98 Å². The van der Waals surface area contributed by atoms with Crippen LogP contribution in [0.1, 0.15) is 6.42 Å². The monoisotopic (exact) mass is 181 g/mol. The molecule has 1 aromatic rings. The Morgan fingerprint density at radius 2 is 2.42 bits per heavy atom. The van der Waals surface area contributed by atoms with Crippen molar-refractivity contribution in [3.63, 3.8) is 0 Å². The van der Waals surface area contributed by atoms with Crippen LogP contribution in [0.3, 0.4) is 0 Å². The van der Waals surface area contributed by atoms with Crippen LogP contribution >= 0.6 is 11.3 Å². The Kier molecular flexibility index (Phi) is 1.99. The molecule has 4 heteroatoms. The van der Waals surface area contributed by atoms with Crippen molar-refractivity contribution in [1.29, 1.82) is 0 Å². The lowest BCUT2D eigenvalue weighted by atomic mass is 10.2. The highest BCUT2D eigenvalue weighted by Gasteiger charge is 2.09. The van der Waals surface area contributed by atoms with Crippen molar-refractivity contribution >= 4 is 22.3 Å². The van der Waals surface area contributed by atoms with Crippen molar-refractivity contribution < 1.29 is 0 Å². The molecule has 2 heterocycles. The molecule has 0 spiro atoms. The van der Waals surface area contributed by atoms with Gasteiger partial charge in [-0.05, 0) is 6.42 Å². The second-order valence-corrected chi connectivity index (χ2v) is 3.64. The molecule has 0 bridgehead atoms. The van der Waals surface area contributed by atoms with E-state index in [1.165, 1.54) is 11.3 Å². The number of nitrogens with zero attached hydrogens (tertiary/aromatic N) is 2. The van der Waals surface area contributed by atoms with Crippen molar-refractivity contribution in [2.75, 3.05) is 23.7 Å². The third kappa shape index (κ3) is 1.43. The summed E-state index contributed by atoms with van der Waals surface area (Å²) in [6, 6.07) is 0. The average molecular weight is 181 g/mol. The Morgan fingerprint density at radius 1 is 1.50 bits per heavy atom. The van der Waals surface area contributed by atoms with E-state index in [9.17, 15) is 0 Å². The van der Waals surface area contributed by atoms with Gasteiger partial charge in [0.1, 0.15) is 5.82 Å². The van der Waals surface area contributed by atoms with Gasteiger partial charge in [-0.25, -0.2) is 4.98 Å². The maximum absolute atomic E-state index is 5.55. The normalized spacial score (nSPS) is 16.8. The summed E-state index contributed by atoms with van der Waals surface area (Å²) >= 11 is 1.50. The summed E-state index contributed by atoms with van der Waals surface area (Å²) in [6.07, 6.45) is 5.47. The lowest BCUT2D eigenvalue weighted by Gasteiger charge is -2.22. The van der Waals surface area contributed by atoms with Gasteiger partial charge in [-0.15, -0.1) is 11.3 Å². The van der Waals surface area contributed by atoms with E-state index in [0.717, 1.165) is 25.3 Å². The van der Waals surface area contributed by atoms with Crippen LogP contribution in [0.25, 0.3) is 0 Å². The highest BCUT2D eigenvalue weighted by molar-refractivity contribution is 7.13. The van der Waals surface area contributed by atoms with Crippen molar-refractivity contribution in [2.45, 2.75) is 6.42 Å². The largest absolute Gasteiger partial charge is 0.375 e. The van der Waals surface area contributed by atoms with Crippen LogP contribution in [0.2, 0.25) is 0 Å². The molecule has 3 nitrogen and oxygen atoms in total. The SMILES string of the molecule is Nc1nc(N2CC=CCC2)cs1. The highest BCUT2D eigenvalue weighted by Crippen LogP contribution is 2.21. The molecular weight excluding hydrogens is 170 g/mol. The van der Waals surface area contributed by atoms with E-state index in [-0.39, 0.29) is 0 Å². The van der Waals surface area contributed by atoms with Crippen molar-refractivity contribution in [3.8, 4) is 0 Å². The molecule has 1 aliphatic heterocycles. The van der Waals surface area contributed by atoms with E-state index in [1.54, 1.807) is 0 Å². The number of hydrogen-bond donors (Lipinski definition) is 1. The molecule has 0 atom stereocenters. The molecule has 1 aliphatic rings. The second-order valence-electron chi connectivity index (χ2n) is 2.75. The zero-order chi connectivity index (χ0) is 8.39. The van der Waals surface area contributed by atoms with Crippen LogP contribution < -0.4 is 10.6 Å². The first-order valence-corrected chi connectivity index (χ1v) is 4.85. The number of aromatic nitrogens is 1. The zero-order valence-electron chi connectivity index (χ0n) is 6.73. The van der Waals surface area contributed by atoms with Crippen LogP contribution in [-0.4, -0.2) is 18.1 Å². The number of thiazole rings is 1. The van der Waals surface area contributed by atoms with E-state index in [0.29, 0.717) is 5.13 Å². The van der Waals surface area contributed by atoms with Crippen LogP contribution in [0.5, 0.6) is 0 Å². The Labute approximate surface area is 75.5 Å². The molecule has 2 N–H and O–H groups in total. The molecule has 0 saturated heterocycles. The molecule has 0 amide bonds. The molecule has 2 rings (SSSR count). The minimum atomic E-state index is 0.652. The summed E-state index contributed by atoms with van der Waals surface area (Å²) in [4.78, 5) is 6.45. The Bertz CT molecular complexity index is 292. The highest BCUT2D eigenvalue weighted by atomic mass is 32.1. The van der Waals surface area contributed by atoms with Gasteiger partial charge in [0.25, 0.3) is 0 Å². The van der Waals surface area contributed by atoms with Crippen molar-refractivity contribution in [3.05, 3.63) is 17.5 Å². The van der Waals surface area contributed by atoms with Gasteiger partial charge in [0, 0.05) is 18.5 Å². The number of hydrogen-bond acceptors (Lipinski definition) is 4. The fourth-order valence-corrected chi connectivity index (χ4v) is 1.85. The predicted molar refractivity (Wildman–Crippen MR) is 52.5 cm³/mol. The quantitative estimate of drug-likeness (QED) is 0.667. The molecule has 1 aromatic heterocycles. The Morgan fingerprint density at radius 3 is 3.00 bits per heavy atom. The number of rotatable bonds is 1. The second kappa shape index (κ2) is 3.15. The molecule has 0 radical (unpaired) electrons. The predicted octanol–water partition coefficient (Wildman–Crippen LogP) is 1.49. The van der Waals surface area contributed by atoms with Crippen LogP contribution in [0, 0.1) is 0 Å². The van der Waals surface area contributed by atoms with Crippen LogP contribution in [0.4, 0.5) is 10.9 Å². The fraction of sp³-hybridized carbons (Fsp3) is 0.375. The summed E-state index contributed by atoms with van der Waals surface area (Å²) in [6.45, 7) is 2.02. The van der Waals surface area contributed by atoms with E-state index in [2.05, 4.69) is 22.0 Å². The van der Waals surface area contributed by atoms with Gasteiger partial charge >= 0.3 is 0 Å². The van der Waals surface area contributed by atoms with Gasteiger partial charge in [-0.3, -0.25) is 0 Å². The topological polar surface area (TPSA) is 42.1 Å². The van der Waals surface area contributed by atoms with Gasteiger partial charge in [0.05, 0.1) is 0 Å². The smallest absolute Gasteiger partial charge is 0.182 e. The summed E-state index contributed by atoms with van der Waals surface area (Å²) in [5.41, 5.74) is 5.55. The van der Waals surface area contributed by atoms with E-state index < -0.39 is 0 Å². The van der Waals surface area contributed by atoms with Crippen LogP contribution in [0.15, 0.2) is 17.5 Å². The molecule has 12 heavy (non-hydrogen) atoms. The minimum Gasteiger partial charge on any atom is -0.375 e. The lowest BCUT2D eigenvalue weighted by Crippen LogP contribution is -2.26. The summed E-state index contributed by atoms with van der Waals surface area (Å²) in [7, 11) is 0.